The van der Waals surface area contributed by atoms with Crippen LogP contribution in [0.1, 0.15) is 200 Å². The molecule has 1 unspecified atom stereocenters. The molecule has 0 aromatic carbocycles. The number of nitrogens with two attached hydrogens (primary N) is 1. The van der Waals surface area contributed by atoms with Gasteiger partial charge in [-0.15, -0.1) is 0 Å². The molecule has 2 atom stereocenters. The summed E-state index contributed by atoms with van der Waals surface area (Å²) in [5.74, 6) is -1.07. The van der Waals surface area contributed by atoms with Gasteiger partial charge in [0.15, 0.2) is 6.10 Å². The number of allylic oxidation sites excluding steroid dienone is 3. The second kappa shape index (κ2) is 39.2. The van der Waals surface area contributed by atoms with E-state index < -0.39 is 32.5 Å². The minimum Gasteiger partial charge on any atom is -0.458 e. The zero-order chi connectivity index (χ0) is 38.2. The average molecular weight is 758 g/mol. The highest BCUT2D eigenvalue weighted by Gasteiger charge is 2.25. The van der Waals surface area contributed by atoms with E-state index in [0.29, 0.717) is 6.42 Å². The molecule has 0 aliphatic heterocycles. The smallest absolute Gasteiger partial charge is 0.458 e. The molecule has 0 aromatic heterocycles. The first-order valence-electron chi connectivity index (χ1n) is 21.4. The van der Waals surface area contributed by atoms with E-state index in [1.54, 1.807) is 6.08 Å². The van der Waals surface area contributed by atoms with Crippen LogP contribution in [-0.4, -0.2) is 49.3 Å². The van der Waals surface area contributed by atoms with Crippen molar-refractivity contribution in [3.05, 3.63) is 24.3 Å². The number of esters is 2. The molecule has 0 spiro atoms. The van der Waals surface area contributed by atoms with Gasteiger partial charge in [-0.3, -0.25) is 13.8 Å². The third-order valence-corrected chi connectivity index (χ3v) is 10.2. The van der Waals surface area contributed by atoms with Crippen LogP contribution < -0.4 is 5.73 Å². The Morgan fingerprint density at radius 3 is 1.52 bits per heavy atom. The van der Waals surface area contributed by atoms with Crippen LogP contribution in [0.3, 0.4) is 0 Å². The summed E-state index contributed by atoms with van der Waals surface area (Å²) in [7, 11) is -4.39. The topological polar surface area (TPSA) is 134 Å². The highest BCUT2D eigenvalue weighted by molar-refractivity contribution is 7.47. The first-order chi connectivity index (χ1) is 25.3. The number of carbonyl (C=O) groups excluding carboxylic acids is 2. The van der Waals surface area contributed by atoms with Crippen LogP contribution in [0.15, 0.2) is 24.3 Å². The van der Waals surface area contributed by atoms with Gasteiger partial charge < -0.3 is 20.1 Å². The van der Waals surface area contributed by atoms with Crippen LogP contribution in [-0.2, 0) is 32.7 Å². The fourth-order valence-electron chi connectivity index (χ4n) is 6.02. The fraction of sp³-hybridized carbons (Fsp3) is 0.857. The van der Waals surface area contributed by atoms with Gasteiger partial charge in [0.25, 0.3) is 0 Å². The van der Waals surface area contributed by atoms with Gasteiger partial charge in [-0.05, 0) is 19.3 Å². The molecule has 0 fully saturated rings. The average Bonchev–Trinajstić information content (AvgIpc) is 3.13. The summed E-state index contributed by atoms with van der Waals surface area (Å²) >= 11 is 0. The van der Waals surface area contributed by atoms with Gasteiger partial charge in [0, 0.05) is 19.0 Å². The number of hydrogen-bond donors (Lipinski definition) is 2. The molecule has 0 rings (SSSR count). The maximum absolute atomic E-state index is 12.6. The van der Waals surface area contributed by atoms with Crippen LogP contribution >= 0.6 is 7.82 Å². The number of unbranched alkanes of at least 4 members (excludes halogenated alkanes) is 26. The van der Waals surface area contributed by atoms with Crippen molar-refractivity contribution in [2.75, 3.05) is 26.4 Å². The van der Waals surface area contributed by atoms with Gasteiger partial charge in [-0.1, -0.05) is 193 Å². The summed E-state index contributed by atoms with van der Waals surface area (Å²) in [4.78, 5) is 34.7. The number of hydrogen-bond acceptors (Lipinski definition) is 8. The fourth-order valence-corrected chi connectivity index (χ4v) is 6.78. The molecular weight excluding hydrogens is 677 g/mol. The third-order valence-electron chi connectivity index (χ3n) is 9.19. The molecule has 0 amide bonds. The van der Waals surface area contributed by atoms with Gasteiger partial charge in [0.05, 0.1) is 13.2 Å². The van der Waals surface area contributed by atoms with Crippen molar-refractivity contribution >= 4 is 19.8 Å². The van der Waals surface area contributed by atoms with Crippen molar-refractivity contribution in [3.63, 3.8) is 0 Å². The predicted octanol–water partition coefficient (Wildman–Crippen LogP) is 12.0. The summed E-state index contributed by atoms with van der Waals surface area (Å²) < 4.78 is 32.6. The van der Waals surface area contributed by atoms with E-state index in [1.165, 1.54) is 147 Å². The second-order valence-corrected chi connectivity index (χ2v) is 15.7. The van der Waals surface area contributed by atoms with Crippen molar-refractivity contribution in [2.24, 2.45) is 5.73 Å². The summed E-state index contributed by atoms with van der Waals surface area (Å²) in [5.41, 5.74) is 5.34. The lowest BCUT2D eigenvalue weighted by Crippen LogP contribution is -2.29. The highest BCUT2D eigenvalue weighted by atomic mass is 31.2. The Labute approximate surface area is 319 Å². The highest BCUT2D eigenvalue weighted by Crippen LogP contribution is 2.43. The van der Waals surface area contributed by atoms with E-state index in [2.05, 4.69) is 13.8 Å². The predicted molar refractivity (Wildman–Crippen MR) is 215 cm³/mol. The minimum absolute atomic E-state index is 0.0450. The number of carbonyl (C=O) groups is 2. The van der Waals surface area contributed by atoms with Crippen LogP contribution in [0.2, 0.25) is 0 Å². The molecule has 0 saturated carbocycles. The maximum Gasteiger partial charge on any atom is 0.472 e. The molecule has 3 N–H and O–H groups in total. The molecule has 306 valence electrons. The molecule has 0 aromatic rings. The van der Waals surface area contributed by atoms with Crippen LogP contribution in [0, 0.1) is 0 Å². The summed E-state index contributed by atoms with van der Waals surface area (Å²) in [6.45, 7) is 3.62. The van der Waals surface area contributed by atoms with E-state index in [4.69, 9.17) is 24.3 Å². The number of phosphoric ester groups is 1. The van der Waals surface area contributed by atoms with Gasteiger partial charge in [-0.2, -0.15) is 0 Å². The molecule has 0 bridgehead atoms. The molecule has 0 aliphatic carbocycles. The van der Waals surface area contributed by atoms with E-state index in [0.717, 1.165) is 32.1 Å². The lowest BCUT2D eigenvalue weighted by Gasteiger charge is -2.19. The van der Waals surface area contributed by atoms with Gasteiger partial charge in [-0.25, -0.2) is 9.36 Å². The zero-order valence-corrected chi connectivity index (χ0v) is 34.4. The normalized spacial score (nSPS) is 13.5. The van der Waals surface area contributed by atoms with Crippen LogP contribution in [0.4, 0.5) is 0 Å². The van der Waals surface area contributed by atoms with Crippen LogP contribution in [0.5, 0.6) is 0 Å². The monoisotopic (exact) mass is 758 g/mol. The van der Waals surface area contributed by atoms with E-state index >= 15 is 0 Å². The minimum atomic E-state index is -4.39. The van der Waals surface area contributed by atoms with Gasteiger partial charge >= 0.3 is 19.8 Å². The molecule has 10 heteroatoms. The Morgan fingerprint density at radius 1 is 0.615 bits per heavy atom. The lowest BCUT2D eigenvalue weighted by atomic mass is 10.0. The Hall–Kier alpha value is -1.51. The largest absolute Gasteiger partial charge is 0.472 e. The maximum atomic E-state index is 12.6. The molecule has 9 nitrogen and oxygen atoms in total. The summed E-state index contributed by atoms with van der Waals surface area (Å²) in [5, 5.41) is 0. The zero-order valence-electron chi connectivity index (χ0n) is 33.6. The molecular formula is C42H80NO8P. The quantitative estimate of drug-likeness (QED) is 0.0206. The van der Waals surface area contributed by atoms with E-state index in [9.17, 15) is 19.0 Å². The Kier molecular flexibility index (Phi) is 38.1. The Balaban J connectivity index is 4.23. The molecule has 0 heterocycles. The van der Waals surface area contributed by atoms with Crippen LogP contribution in [0.25, 0.3) is 0 Å². The third kappa shape index (κ3) is 38.2. The van der Waals surface area contributed by atoms with Crippen molar-refractivity contribution in [2.45, 2.75) is 206 Å². The standard InChI is InChI=1S/C42H80NO8P/c1-3-5-7-9-11-13-15-17-19-21-23-25-27-29-31-33-35-42(45)51-40(39-50-52(46,47)49-37-36-43)38-48-41(44)34-32-30-28-26-24-22-20-18-16-14-12-10-8-6-4-2/h28,30,32,34,40H,3-27,29,31,33,35-39,43H2,1-2H3,(H,46,47)/b30-28+,34-32+/t40-/m1/s1. The molecule has 52 heavy (non-hydrogen) atoms. The summed E-state index contributed by atoms with van der Waals surface area (Å²) in [6.07, 6.45) is 41.2. The number of phosphoric acid groups is 1. The molecule has 0 radical (unpaired) electrons. The van der Waals surface area contributed by atoms with Crippen molar-refractivity contribution < 1.29 is 37.6 Å². The Morgan fingerprint density at radius 2 is 1.06 bits per heavy atom. The van der Waals surface area contributed by atoms with Gasteiger partial charge in [0.2, 0.25) is 0 Å². The first-order valence-corrected chi connectivity index (χ1v) is 22.9. The van der Waals surface area contributed by atoms with E-state index in [-0.39, 0.29) is 26.2 Å². The SMILES string of the molecule is CCCCCCCCCCCCC/C=C/C=C/C(=O)OC[C@H](COP(=O)(O)OCCN)OC(=O)CCCCCCCCCCCCCCCCCC. The van der Waals surface area contributed by atoms with Gasteiger partial charge in [0.1, 0.15) is 6.61 Å². The van der Waals surface area contributed by atoms with Crippen molar-refractivity contribution in [1.29, 1.82) is 0 Å². The Bertz CT molecular complexity index is 912. The number of rotatable bonds is 40. The summed E-state index contributed by atoms with van der Waals surface area (Å²) in [6, 6.07) is 0. The first kappa shape index (κ1) is 50.5. The lowest BCUT2D eigenvalue weighted by molar-refractivity contribution is -0.159. The van der Waals surface area contributed by atoms with E-state index in [1.807, 2.05) is 12.2 Å². The molecule has 0 aliphatic rings. The van der Waals surface area contributed by atoms with Crippen molar-refractivity contribution in [3.8, 4) is 0 Å². The number of ether oxygens (including phenoxy) is 2. The molecule has 0 saturated heterocycles. The second-order valence-electron chi connectivity index (χ2n) is 14.3. The van der Waals surface area contributed by atoms with Crippen molar-refractivity contribution in [1.82, 2.24) is 0 Å².